The molecule has 2 aliphatic rings. The van der Waals surface area contributed by atoms with E-state index in [4.69, 9.17) is 8.92 Å². The second-order valence-corrected chi connectivity index (χ2v) is 6.63. The molecule has 0 aliphatic carbocycles. The van der Waals surface area contributed by atoms with Crippen LogP contribution in [0.2, 0.25) is 0 Å². The second kappa shape index (κ2) is 4.74. The monoisotopic (exact) mass is 280 g/mol. The molecule has 5 heteroatoms. The van der Waals surface area contributed by atoms with E-state index in [2.05, 4.69) is 0 Å². The zero-order chi connectivity index (χ0) is 13.5. The largest absolute Gasteiger partial charge is 0.366 e. The van der Waals surface area contributed by atoms with Crippen molar-refractivity contribution in [2.24, 2.45) is 0 Å². The summed E-state index contributed by atoms with van der Waals surface area (Å²) in [5.41, 5.74) is 1.97. The molecule has 0 N–H and O–H groups in total. The van der Waals surface area contributed by atoms with Crippen LogP contribution in [0.15, 0.2) is 40.8 Å². The van der Waals surface area contributed by atoms with Gasteiger partial charge in [0, 0.05) is 0 Å². The Balaban J connectivity index is 1.69. The Hall–Kier alpha value is -1.17. The van der Waals surface area contributed by atoms with Gasteiger partial charge < -0.3 is 4.74 Å². The van der Waals surface area contributed by atoms with Crippen molar-refractivity contribution in [3.05, 3.63) is 41.5 Å². The maximum atomic E-state index is 12.0. The van der Waals surface area contributed by atoms with E-state index in [1.165, 1.54) is 0 Å². The fourth-order valence-electron chi connectivity index (χ4n) is 2.46. The topological polar surface area (TPSA) is 52.6 Å². The zero-order valence-electron chi connectivity index (χ0n) is 10.7. The predicted octanol–water partition coefficient (Wildman–Crippen LogP) is 2.19. The van der Waals surface area contributed by atoms with E-state index < -0.39 is 10.1 Å². The van der Waals surface area contributed by atoms with E-state index in [1.807, 2.05) is 13.0 Å². The van der Waals surface area contributed by atoms with Crippen LogP contribution in [-0.4, -0.2) is 27.2 Å². The van der Waals surface area contributed by atoms with Gasteiger partial charge >= 0.3 is 0 Å². The molecule has 3 rings (SSSR count). The van der Waals surface area contributed by atoms with Gasteiger partial charge in [0.25, 0.3) is 10.1 Å². The maximum Gasteiger partial charge on any atom is 0.297 e. The van der Waals surface area contributed by atoms with E-state index in [-0.39, 0.29) is 23.7 Å². The molecule has 2 heterocycles. The first-order chi connectivity index (χ1) is 9.04. The number of hydrogen-bond donors (Lipinski definition) is 0. The van der Waals surface area contributed by atoms with Gasteiger partial charge in [-0.2, -0.15) is 8.42 Å². The molecule has 1 aromatic carbocycles. The number of ether oxygens (including phenoxy) is 1. The summed E-state index contributed by atoms with van der Waals surface area (Å²) in [6.45, 7) is 2.01. The van der Waals surface area contributed by atoms with Crippen molar-refractivity contribution in [2.75, 3.05) is 6.61 Å². The van der Waals surface area contributed by atoms with Gasteiger partial charge in [-0.25, -0.2) is 0 Å². The Kier molecular flexibility index (Phi) is 3.20. The van der Waals surface area contributed by atoms with Crippen LogP contribution in [0.1, 0.15) is 18.4 Å². The van der Waals surface area contributed by atoms with Crippen molar-refractivity contribution >= 4 is 10.1 Å². The van der Waals surface area contributed by atoms with Crippen molar-refractivity contribution in [3.63, 3.8) is 0 Å². The molecule has 0 aromatic heterocycles. The molecule has 4 nitrogen and oxygen atoms in total. The molecule has 2 unspecified atom stereocenters. The summed E-state index contributed by atoms with van der Waals surface area (Å²) in [5, 5.41) is 0. The molecular weight excluding hydrogens is 264 g/mol. The van der Waals surface area contributed by atoms with Gasteiger partial charge in [0.2, 0.25) is 0 Å². The van der Waals surface area contributed by atoms with E-state index in [9.17, 15) is 8.42 Å². The lowest BCUT2D eigenvalue weighted by Gasteiger charge is -2.11. The lowest BCUT2D eigenvalue weighted by molar-refractivity contribution is 0.112. The predicted molar refractivity (Wildman–Crippen MR) is 70.3 cm³/mol. The zero-order valence-corrected chi connectivity index (χ0v) is 11.5. The summed E-state index contributed by atoms with van der Waals surface area (Å²) in [6, 6.07) is 6.65. The van der Waals surface area contributed by atoms with Gasteiger partial charge in [-0.15, -0.1) is 0 Å². The second-order valence-electron chi connectivity index (χ2n) is 5.01. The number of rotatable bonds is 4. The first-order valence-electron chi connectivity index (χ1n) is 6.37. The van der Waals surface area contributed by atoms with Crippen LogP contribution in [0.25, 0.3) is 0 Å². The maximum absolute atomic E-state index is 12.0. The van der Waals surface area contributed by atoms with Crippen molar-refractivity contribution in [2.45, 2.75) is 36.9 Å². The van der Waals surface area contributed by atoms with E-state index in [0.29, 0.717) is 0 Å². The molecule has 1 aromatic rings. The van der Waals surface area contributed by atoms with E-state index >= 15 is 0 Å². The normalized spacial score (nSPS) is 25.6. The highest BCUT2D eigenvalue weighted by atomic mass is 32.2. The minimum absolute atomic E-state index is 0.0539. The van der Waals surface area contributed by atoms with Crippen LogP contribution in [0, 0.1) is 6.92 Å². The van der Waals surface area contributed by atoms with Gasteiger partial charge in [-0.1, -0.05) is 23.8 Å². The first-order valence-corrected chi connectivity index (χ1v) is 7.77. The molecule has 2 atom stereocenters. The lowest BCUT2D eigenvalue weighted by Crippen LogP contribution is -2.15. The molecule has 2 bridgehead atoms. The third-order valence-corrected chi connectivity index (χ3v) is 4.83. The fourth-order valence-corrected chi connectivity index (χ4v) is 3.36. The van der Waals surface area contributed by atoms with Crippen LogP contribution >= 0.6 is 0 Å². The summed E-state index contributed by atoms with van der Waals surface area (Å²) in [4.78, 5) is 0.197. The van der Waals surface area contributed by atoms with Crippen LogP contribution in [0.5, 0.6) is 0 Å². The first kappa shape index (κ1) is 12.8. The van der Waals surface area contributed by atoms with Gasteiger partial charge in [0.15, 0.2) is 0 Å². The van der Waals surface area contributed by atoms with Crippen molar-refractivity contribution in [3.8, 4) is 0 Å². The van der Waals surface area contributed by atoms with Crippen molar-refractivity contribution in [1.29, 1.82) is 0 Å². The van der Waals surface area contributed by atoms with Gasteiger partial charge in [0.1, 0.15) is 0 Å². The standard InChI is InChI=1S/C14H16O4S/c1-10-2-5-13(6-3-10)19(15,16)17-9-11-8-12-4-7-14(11)18-12/h2-3,5-6,8,12,14H,4,7,9H2,1H3. The third kappa shape index (κ3) is 2.59. The highest BCUT2D eigenvalue weighted by molar-refractivity contribution is 7.86. The summed E-state index contributed by atoms with van der Waals surface area (Å²) in [6.07, 6.45) is 4.19. The average Bonchev–Trinajstić information content (AvgIpc) is 2.99. The molecule has 0 spiro atoms. The Morgan fingerprint density at radius 2 is 2.00 bits per heavy atom. The molecule has 1 fully saturated rings. The smallest absolute Gasteiger partial charge is 0.297 e. The van der Waals surface area contributed by atoms with Crippen LogP contribution in [0.4, 0.5) is 0 Å². The molecule has 0 radical (unpaired) electrons. The molecular formula is C14H16O4S. The fraction of sp³-hybridized carbons (Fsp3) is 0.429. The van der Waals surface area contributed by atoms with Crippen molar-refractivity contribution in [1.82, 2.24) is 0 Å². The Morgan fingerprint density at radius 1 is 1.26 bits per heavy atom. The van der Waals surface area contributed by atoms with E-state index in [1.54, 1.807) is 24.3 Å². The van der Waals surface area contributed by atoms with Crippen LogP contribution < -0.4 is 0 Å². The number of benzene rings is 1. The summed E-state index contributed by atoms with van der Waals surface area (Å²) in [5.74, 6) is 0. The van der Waals surface area contributed by atoms with Gasteiger partial charge in [-0.05, 0) is 37.5 Å². The minimum Gasteiger partial charge on any atom is -0.366 e. The molecule has 1 saturated heterocycles. The van der Waals surface area contributed by atoms with Gasteiger partial charge in [-0.3, -0.25) is 4.18 Å². The number of aryl methyl sites for hydroxylation is 1. The molecule has 102 valence electrons. The number of fused-ring (bicyclic) bond motifs is 2. The average molecular weight is 280 g/mol. The Bertz CT molecular complexity index is 601. The quantitative estimate of drug-likeness (QED) is 0.626. The van der Waals surface area contributed by atoms with E-state index in [0.717, 1.165) is 24.0 Å². The molecule has 19 heavy (non-hydrogen) atoms. The van der Waals surface area contributed by atoms with Crippen molar-refractivity contribution < 1.29 is 17.3 Å². The molecule has 0 saturated carbocycles. The lowest BCUT2D eigenvalue weighted by atomic mass is 10.0. The Labute approximate surface area is 113 Å². The molecule has 0 amide bonds. The van der Waals surface area contributed by atoms with Gasteiger partial charge in [0.05, 0.1) is 23.7 Å². The SMILES string of the molecule is Cc1ccc(S(=O)(=O)OCC2=CC3CCC2O3)cc1. The third-order valence-electron chi connectivity index (χ3n) is 3.56. The summed E-state index contributed by atoms with van der Waals surface area (Å²) < 4.78 is 34.8. The number of hydrogen-bond acceptors (Lipinski definition) is 4. The minimum atomic E-state index is -3.68. The highest BCUT2D eigenvalue weighted by Crippen LogP contribution is 2.34. The Morgan fingerprint density at radius 3 is 2.58 bits per heavy atom. The van der Waals surface area contributed by atoms with Crippen LogP contribution in [-0.2, 0) is 19.0 Å². The van der Waals surface area contributed by atoms with Crippen LogP contribution in [0.3, 0.4) is 0 Å². The highest BCUT2D eigenvalue weighted by Gasteiger charge is 2.34. The summed E-state index contributed by atoms with van der Waals surface area (Å²) in [7, 11) is -3.68. The summed E-state index contributed by atoms with van der Waals surface area (Å²) >= 11 is 0. The molecule has 2 aliphatic heterocycles.